The lowest BCUT2D eigenvalue weighted by Crippen LogP contribution is -2.05. The second-order valence-electron chi connectivity index (χ2n) is 13.8. The topological polar surface area (TPSA) is 61.7 Å². The Kier molecular flexibility index (Phi) is 8.47. The van der Waals surface area contributed by atoms with Gasteiger partial charge in [0.05, 0.1) is 5.56 Å². The number of furan rings is 1. The van der Waals surface area contributed by atoms with Crippen LogP contribution in [0.3, 0.4) is 0 Å². The minimum Gasteiger partial charge on any atom is -0.455 e. The molecule has 4 nitrogen and oxygen atoms in total. The van der Waals surface area contributed by atoms with Crippen molar-refractivity contribution in [2.75, 3.05) is 0 Å². The smallest absolute Gasteiger partial charge is 0.165 e. The van der Waals surface area contributed by atoms with E-state index in [9.17, 15) is 5.41 Å². The van der Waals surface area contributed by atoms with E-state index in [0.717, 1.165) is 55.1 Å². The van der Waals surface area contributed by atoms with Crippen LogP contribution in [0.15, 0.2) is 202 Å². The first-order valence-electron chi connectivity index (χ1n) is 18.6. The predicted octanol–water partition coefficient (Wildman–Crippen LogP) is 13.8. The van der Waals surface area contributed by atoms with Gasteiger partial charge in [-0.1, -0.05) is 133 Å². The van der Waals surface area contributed by atoms with Gasteiger partial charge in [-0.25, -0.2) is 9.98 Å². The Labute approximate surface area is 327 Å². The first kappa shape index (κ1) is 33.4. The normalized spacial score (nSPS) is 12.0. The Morgan fingerprint density at radius 3 is 1.89 bits per heavy atom. The summed E-state index contributed by atoms with van der Waals surface area (Å²) >= 11 is 1.77. The minimum absolute atomic E-state index is 0.117. The predicted molar refractivity (Wildman–Crippen MR) is 237 cm³/mol. The summed E-state index contributed by atoms with van der Waals surface area (Å²) in [6.07, 6.45) is 1.86. The average Bonchev–Trinajstić information content (AvgIpc) is 3.84. The highest BCUT2D eigenvalue weighted by atomic mass is 32.1. The van der Waals surface area contributed by atoms with Gasteiger partial charge in [-0.3, -0.25) is 5.41 Å². The number of nitrogens with zero attached hydrogens (tertiary/aromatic N) is 2. The molecule has 0 bridgehead atoms. The number of benzene rings is 8. The molecule has 1 N–H and O–H groups in total. The van der Waals surface area contributed by atoms with Crippen LogP contribution in [0.4, 0.5) is 0 Å². The Balaban J connectivity index is 1.13. The second-order valence-corrected chi connectivity index (χ2v) is 14.8. The molecular weight excluding hydrogens is 703 g/mol. The van der Waals surface area contributed by atoms with Crippen molar-refractivity contribution in [1.82, 2.24) is 0 Å². The number of nitrogens with one attached hydrogen (secondary N) is 1. The van der Waals surface area contributed by atoms with Gasteiger partial charge >= 0.3 is 0 Å². The van der Waals surface area contributed by atoms with E-state index < -0.39 is 0 Å². The van der Waals surface area contributed by atoms with Gasteiger partial charge in [0.15, 0.2) is 11.7 Å². The highest BCUT2D eigenvalue weighted by Gasteiger charge is 2.17. The summed E-state index contributed by atoms with van der Waals surface area (Å²) in [5.41, 5.74) is 10.6. The molecule has 0 saturated heterocycles. The first-order chi connectivity index (χ1) is 27.7. The van der Waals surface area contributed by atoms with Crippen LogP contribution in [0.1, 0.15) is 16.7 Å². The molecule has 10 aromatic rings. The van der Waals surface area contributed by atoms with Crippen LogP contribution in [0.25, 0.3) is 75.5 Å². The molecule has 2 aromatic heterocycles. The quantitative estimate of drug-likeness (QED) is 0.134. The van der Waals surface area contributed by atoms with Gasteiger partial charge in [-0.2, -0.15) is 0 Å². The van der Waals surface area contributed by atoms with Crippen LogP contribution < -0.4 is 0 Å². The average molecular weight is 736 g/mol. The summed E-state index contributed by atoms with van der Waals surface area (Å²) in [7, 11) is 0. The van der Waals surface area contributed by atoms with E-state index in [2.05, 4.69) is 133 Å². The lowest BCUT2D eigenvalue weighted by Gasteiger charge is -2.09. The number of para-hydroxylation sites is 2. The number of aliphatic imine (C=N–C) groups is 2. The van der Waals surface area contributed by atoms with Crippen molar-refractivity contribution in [1.29, 1.82) is 5.41 Å². The second kappa shape index (κ2) is 14.2. The molecule has 2 heterocycles. The molecule has 0 radical (unpaired) electrons. The maximum atomic E-state index is 9.47. The zero-order chi connectivity index (χ0) is 37.4. The van der Waals surface area contributed by atoms with Gasteiger partial charge in [-0.05, 0) is 93.5 Å². The zero-order valence-corrected chi connectivity index (χ0v) is 31.0. The summed E-state index contributed by atoms with van der Waals surface area (Å²) in [4.78, 5) is 10.1. The zero-order valence-electron chi connectivity index (χ0n) is 30.2. The summed E-state index contributed by atoms with van der Waals surface area (Å²) in [5, 5.41) is 13.8. The molecule has 0 aliphatic heterocycles. The van der Waals surface area contributed by atoms with Crippen molar-refractivity contribution < 1.29 is 4.42 Å². The SMILES string of the molecule is N=C(N=C(N=Cc1cc(-c2ccccc2)cc(-c2ccccc2)c1)c1cccc2c1oc1ccccc12)c1ccc2sc3cccc(-c4ccccc4)c3c2c1. The molecule has 0 aliphatic carbocycles. The summed E-state index contributed by atoms with van der Waals surface area (Å²) in [5.74, 6) is 0.512. The fraction of sp³-hybridized carbons (Fsp3) is 0. The van der Waals surface area contributed by atoms with Gasteiger partial charge in [0.2, 0.25) is 0 Å². The van der Waals surface area contributed by atoms with Gasteiger partial charge in [-0.15, -0.1) is 11.3 Å². The summed E-state index contributed by atoms with van der Waals surface area (Å²) in [6, 6.07) is 64.5. The van der Waals surface area contributed by atoms with Gasteiger partial charge in [0, 0.05) is 42.7 Å². The molecule has 0 unspecified atom stereocenters. The Morgan fingerprint density at radius 2 is 1.16 bits per heavy atom. The molecule has 264 valence electrons. The van der Waals surface area contributed by atoms with E-state index in [0.29, 0.717) is 17.0 Å². The van der Waals surface area contributed by atoms with E-state index in [1.54, 1.807) is 11.3 Å². The maximum absolute atomic E-state index is 9.47. The molecule has 0 amide bonds. The van der Waals surface area contributed by atoms with Crippen molar-refractivity contribution in [3.8, 4) is 33.4 Å². The third kappa shape index (κ3) is 6.20. The molecule has 10 rings (SSSR count). The van der Waals surface area contributed by atoms with Crippen molar-refractivity contribution in [3.05, 3.63) is 205 Å². The third-order valence-electron chi connectivity index (χ3n) is 10.2. The van der Waals surface area contributed by atoms with E-state index in [1.807, 2.05) is 60.8 Å². The molecule has 0 aliphatic rings. The molecular formula is C51H33N3OS. The van der Waals surface area contributed by atoms with Crippen LogP contribution in [-0.4, -0.2) is 17.9 Å². The Hall–Kier alpha value is -7.21. The Morgan fingerprint density at radius 1 is 0.518 bits per heavy atom. The number of amidine groups is 2. The van der Waals surface area contributed by atoms with Gasteiger partial charge in [0.25, 0.3) is 0 Å². The molecule has 0 atom stereocenters. The molecule has 8 aromatic carbocycles. The van der Waals surface area contributed by atoms with Crippen molar-refractivity contribution in [3.63, 3.8) is 0 Å². The van der Waals surface area contributed by atoms with E-state index in [-0.39, 0.29) is 5.84 Å². The Bertz CT molecular complexity index is 3080. The molecule has 5 heteroatoms. The van der Waals surface area contributed by atoms with Gasteiger partial charge < -0.3 is 4.42 Å². The number of thiophene rings is 1. The van der Waals surface area contributed by atoms with Crippen molar-refractivity contribution in [2.45, 2.75) is 0 Å². The van der Waals surface area contributed by atoms with Crippen LogP contribution >= 0.6 is 11.3 Å². The lowest BCUT2D eigenvalue weighted by molar-refractivity contribution is 0.668. The third-order valence-corrected chi connectivity index (χ3v) is 11.4. The highest BCUT2D eigenvalue weighted by molar-refractivity contribution is 7.26. The van der Waals surface area contributed by atoms with Crippen LogP contribution in [-0.2, 0) is 0 Å². The summed E-state index contributed by atoms with van der Waals surface area (Å²) in [6.45, 7) is 0. The van der Waals surface area contributed by atoms with E-state index >= 15 is 0 Å². The molecule has 0 fully saturated rings. The molecule has 0 saturated carbocycles. The van der Waals surface area contributed by atoms with Crippen LogP contribution in [0.2, 0.25) is 0 Å². The molecule has 0 spiro atoms. The number of fused-ring (bicyclic) bond motifs is 6. The standard InChI is InChI=1S/C51H33N3OS/c52-50(37-26-27-46-44(31-37)48-40(21-13-25-47(48)56-46)36-18-8-3-9-19-36)54-51(43-23-12-22-42-41-20-10-11-24-45(41)55-49(42)43)53-32-33-28-38(34-14-4-1-5-15-34)30-39(29-33)35-16-6-2-7-17-35/h1-32,52H. The van der Waals surface area contributed by atoms with E-state index in [1.165, 1.54) is 25.9 Å². The lowest BCUT2D eigenvalue weighted by atomic mass is 9.96. The largest absolute Gasteiger partial charge is 0.455 e. The maximum Gasteiger partial charge on any atom is 0.165 e. The van der Waals surface area contributed by atoms with Crippen LogP contribution in [0, 0.1) is 5.41 Å². The fourth-order valence-corrected chi connectivity index (χ4v) is 8.65. The van der Waals surface area contributed by atoms with Crippen LogP contribution in [0.5, 0.6) is 0 Å². The van der Waals surface area contributed by atoms with E-state index in [4.69, 9.17) is 14.4 Å². The highest BCUT2D eigenvalue weighted by Crippen LogP contribution is 2.40. The molecule has 56 heavy (non-hydrogen) atoms. The fourth-order valence-electron chi connectivity index (χ4n) is 7.54. The van der Waals surface area contributed by atoms with Gasteiger partial charge in [0.1, 0.15) is 11.2 Å². The number of hydrogen-bond donors (Lipinski definition) is 1. The summed E-state index contributed by atoms with van der Waals surface area (Å²) < 4.78 is 8.86. The first-order valence-corrected chi connectivity index (χ1v) is 19.4. The minimum atomic E-state index is 0.117. The monoisotopic (exact) mass is 735 g/mol. The van der Waals surface area contributed by atoms with Crippen molar-refractivity contribution >= 4 is 71.3 Å². The number of hydrogen-bond acceptors (Lipinski definition) is 3. The van der Waals surface area contributed by atoms with Crippen molar-refractivity contribution in [2.24, 2.45) is 9.98 Å². The number of rotatable bonds is 6.